The van der Waals surface area contributed by atoms with Gasteiger partial charge in [0.1, 0.15) is 12.0 Å². The predicted molar refractivity (Wildman–Crippen MR) is 106 cm³/mol. The second-order valence-corrected chi connectivity index (χ2v) is 6.19. The standard InChI is InChI=1S/C20H30N4O3/c1-5-10-25-18-8-7-16(13-19(18)26-11-6-2)15(3)23-20(21-4)22-14-17-9-12-27-24-17/h7-9,12-13,15H,5-6,10-11,14H2,1-4H3,(H2,21,22,23). The van der Waals surface area contributed by atoms with Gasteiger partial charge in [-0.25, -0.2) is 0 Å². The number of benzene rings is 1. The van der Waals surface area contributed by atoms with E-state index in [0.717, 1.165) is 35.6 Å². The molecule has 27 heavy (non-hydrogen) atoms. The van der Waals surface area contributed by atoms with E-state index >= 15 is 0 Å². The lowest BCUT2D eigenvalue weighted by atomic mass is 10.1. The fraction of sp³-hybridized carbons (Fsp3) is 0.500. The summed E-state index contributed by atoms with van der Waals surface area (Å²) >= 11 is 0. The topological polar surface area (TPSA) is 80.9 Å². The van der Waals surface area contributed by atoms with Crippen molar-refractivity contribution in [2.45, 2.75) is 46.2 Å². The van der Waals surface area contributed by atoms with Crippen LogP contribution in [-0.2, 0) is 6.54 Å². The fourth-order valence-electron chi connectivity index (χ4n) is 2.44. The Bertz CT molecular complexity index is 701. The van der Waals surface area contributed by atoms with Crippen molar-refractivity contribution in [1.82, 2.24) is 15.8 Å². The molecule has 0 amide bonds. The average molecular weight is 374 g/mol. The first-order valence-corrected chi connectivity index (χ1v) is 9.43. The van der Waals surface area contributed by atoms with Crippen LogP contribution < -0.4 is 20.1 Å². The number of aromatic nitrogens is 1. The third-order valence-electron chi connectivity index (χ3n) is 3.90. The van der Waals surface area contributed by atoms with Crippen molar-refractivity contribution >= 4 is 5.96 Å². The first kappa shape index (κ1) is 20.6. The van der Waals surface area contributed by atoms with E-state index in [1.807, 2.05) is 24.3 Å². The van der Waals surface area contributed by atoms with Crippen LogP contribution in [-0.4, -0.2) is 31.4 Å². The molecule has 0 aliphatic carbocycles. The molecule has 0 aliphatic heterocycles. The second-order valence-electron chi connectivity index (χ2n) is 6.19. The highest BCUT2D eigenvalue weighted by Crippen LogP contribution is 2.31. The molecular weight excluding hydrogens is 344 g/mol. The molecule has 2 N–H and O–H groups in total. The number of hydrogen-bond acceptors (Lipinski definition) is 5. The summed E-state index contributed by atoms with van der Waals surface area (Å²) in [6.45, 7) is 8.13. The number of nitrogens with one attached hydrogen (secondary N) is 2. The van der Waals surface area contributed by atoms with E-state index in [1.54, 1.807) is 13.3 Å². The summed E-state index contributed by atoms with van der Waals surface area (Å²) in [4.78, 5) is 4.26. The number of guanidine groups is 1. The van der Waals surface area contributed by atoms with Gasteiger partial charge in [0, 0.05) is 13.1 Å². The van der Waals surface area contributed by atoms with Gasteiger partial charge in [-0.2, -0.15) is 0 Å². The summed E-state index contributed by atoms with van der Waals surface area (Å²) in [6, 6.07) is 7.91. The Morgan fingerprint density at radius 2 is 1.89 bits per heavy atom. The average Bonchev–Trinajstić information content (AvgIpc) is 3.21. The molecule has 0 bridgehead atoms. The van der Waals surface area contributed by atoms with Gasteiger partial charge in [-0.1, -0.05) is 25.1 Å². The second kappa shape index (κ2) is 11.1. The molecule has 1 atom stereocenters. The Balaban J connectivity index is 2.03. The Morgan fingerprint density at radius 3 is 2.52 bits per heavy atom. The lowest BCUT2D eigenvalue weighted by molar-refractivity contribution is 0.268. The Morgan fingerprint density at radius 1 is 1.15 bits per heavy atom. The molecule has 2 aromatic rings. The molecule has 0 saturated heterocycles. The maximum absolute atomic E-state index is 5.88. The van der Waals surface area contributed by atoms with Crippen molar-refractivity contribution in [2.24, 2.45) is 4.99 Å². The molecule has 0 spiro atoms. The largest absolute Gasteiger partial charge is 0.490 e. The number of rotatable bonds is 10. The van der Waals surface area contributed by atoms with Gasteiger partial charge in [0.25, 0.3) is 0 Å². The molecule has 1 aromatic heterocycles. The molecule has 2 rings (SSSR count). The summed E-state index contributed by atoms with van der Waals surface area (Å²) in [5.41, 5.74) is 1.91. The van der Waals surface area contributed by atoms with E-state index < -0.39 is 0 Å². The lowest BCUT2D eigenvalue weighted by Gasteiger charge is -2.20. The molecule has 0 aliphatic rings. The summed E-state index contributed by atoms with van der Waals surface area (Å²) in [5.74, 6) is 2.25. The van der Waals surface area contributed by atoms with Crippen molar-refractivity contribution in [3.63, 3.8) is 0 Å². The highest BCUT2D eigenvalue weighted by atomic mass is 16.5. The summed E-state index contributed by atoms with van der Waals surface area (Å²) < 4.78 is 16.5. The molecule has 0 fully saturated rings. The lowest BCUT2D eigenvalue weighted by Crippen LogP contribution is -2.38. The van der Waals surface area contributed by atoms with Crippen LogP contribution in [0.15, 0.2) is 40.0 Å². The predicted octanol–water partition coefficient (Wildman–Crippen LogP) is 3.68. The zero-order chi connectivity index (χ0) is 19.5. The molecule has 148 valence electrons. The molecule has 7 nitrogen and oxygen atoms in total. The Kier molecular flexibility index (Phi) is 8.48. The minimum Gasteiger partial charge on any atom is -0.490 e. The van der Waals surface area contributed by atoms with E-state index in [0.29, 0.717) is 25.7 Å². The van der Waals surface area contributed by atoms with Gasteiger partial charge in [-0.05, 0) is 37.5 Å². The van der Waals surface area contributed by atoms with E-state index in [9.17, 15) is 0 Å². The molecule has 7 heteroatoms. The summed E-state index contributed by atoms with van der Waals surface area (Å²) in [5, 5.41) is 10.5. The Hall–Kier alpha value is -2.70. The van der Waals surface area contributed by atoms with E-state index in [1.165, 1.54) is 0 Å². The number of aliphatic imine (C=N–C) groups is 1. The van der Waals surface area contributed by atoms with Crippen LogP contribution in [0.25, 0.3) is 0 Å². The smallest absolute Gasteiger partial charge is 0.191 e. The highest BCUT2D eigenvalue weighted by molar-refractivity contribution is 5.80. The van der Waals surface area contributed by atoms with Crippen LogP contribution in [0.5, 0.6) is 11.5 Å². The van der Waals surface area contributed by atoms with Crippen molar-refractivity contribution < 1.29 is 14.0 Å². The van der Waals surface area contributed by atoms with Crippen LogP contribution in [0.3, 0.4) is 0 Å². The van der Waals surface area contributed by atoms with Crippen molar-refractivity contribution in [1.29, 1.82) is 0 Å². The number of nitrogens with zero attached hydrogens (tertiary/aromatic N) is 2. The van der Waals surface area contributed by atoms with Crippen LogP contribution in [0.1, 0.15) is 50.9 Å². The number of hydrogen-bond donors (Lipinski definition) is 2. The zero-order valence-corrected chi connectivity index (χ0v) is 16.6. The van der Waals surface area contributed by atoms with Crippen LogP contribution in [0, 0.1) is 0 Å². The van der Waals surface area contributed by atoms with Crippen LogP contribution >= 0.6 is 0 Å². The van der Waals surface area contributed by atoms with Gasteiger partial charge in [0.2, 0.25) is 0 Å². The molecule has 1 unspecified atom stereocenters. The number of ether oxygens (including phenoxy) is 2. The third-order valence-corrected chi connectivity index (χ3v) is 3.90. The molecular formula is C20H30N4O3. The highest BCUT2D eigenvalue weighted by Gasteiger charge is 2.13. The maximum atomic E-state index is 5.88. The first-order valence-electron chi connectivity index (χ1n) is 9.43. The van der Waals surface area contributed by atoms with E-state index in [2.05, 4.69) is 41.6 Å². The SMILES string of the molecule is CCCOc1ccc(C(C)NC(=NC)NCc2ccon2)cc1OCCC. The van der Waals surface area contributed by atoms with E-state index in [4.69, 9.17) is 14.0 Å². The minimum absolute atomic E-state index is 0.0395. The normalized spacial score (nSPS) is 12.5. The van der Waals surface area contributed by atoms with Crippen molar-refractivity contribution in [3.8, 4) is 11.5 Å². The van der Waals surface area contributed by atoms with Gasteiger partial charge in [0.05, 0.1) is 25.8 Å². The molecule has 1 aromatic carbocycles. The van der Waals surface area contributed by atoms with Gasteiger partial charge < -0.3 is 24.6 Å². The molecule has 1 heterocycles. The van der Waals surface area contributed by atoms with E-state index in [-0.39, 0.29) is 6.04 Å². The quantitative estimate of drug-likeness (QED) is 0.488. The van der Waals surface area contributed by atoms with Gasteiger partial charge in [-0.15, -0.1) is 0 Å². The van der Waals surface area contributed by atoms with Gasteiger partial charge >= 0.3 is 0 Å². The van der Waals surface area contributed by atoms with Crippen molar-refractivity contribution in [3.05, 3.63) is 41.8 Å². The van der Waals surface area contributed by atoms with Crippen LogP contribution in [0.2, 0.25) is 0 Å². The first-order chi connectivity index (χ1) is 13.2. The van der Waals surface area contributed by atoms with Gasteiger partial charge in [0.15, 0.2) is 17.5 Å². The summed E-state index contributed by atoms with van der Waals surface area (Å²) in [6.07, 6.45) is 3.46. The van der Waals surface area contributed by atoms with Gasteiger partial charge in [-0.3, -0.25) is 4.99 Å². The third kappa shape index (κ3) is 6.51. The monoisotopic (exact) mass is 374 g/mol. The fourth-order valence-corrected chi connectivity index (χ4v) is 2.44. The summed E-state index contributed by atoms with van der Waals surface area (Å²) in [7, 11) is 1.74. The van der Waals surface area contributed by atoms with Crippen molar-refractivity contribution in [2.75, 3.05) is 20.3 Å². The minimum atomic E-state index is 0.0395. The molecule has 0 radical (unpaired) electrons. The maximum Gasteiger partial charge on any atom is 0.191 e. The molecule has 0 saturated carbocycles. The zero-order valence-electron chi connectivity index (χ0n) is 16.6. The van der Waals surface area contributed by atoms with Crippen LogP contribution in [0.4, 0.5) is 0 Å². The Labute approximate surface area is 161 Å².